The Morgan fingerprint density at radius 2 is 2.24 bits per heavy atom. The molecule has 2 N–H and O–H groups in total. The second-order valence-corrected chi connectivity index (χ2v) is 4.67. The number of methoxy groups -OCH3 is 1. The first kappa shape index (κ1) is 15.1. The molecule has 0 bridgehead atoms. The molecule has 0 amide bonds. The maximum absolute atomic E-state index is 6.08. The maximum Gasteiger partial charge on any atom is 0.249 e. The van der Waals surface area contributed by atoms with Gasteiger partial charge in [0.25, 0.3) is 0 Å². The van der Waals surface area contributed by atoms with Crippen LogP contribution in [0, 0.1) is 6.92 Å². The van der Waals surface area contributed by atoms with Gasteiger partial charge in [0, 0.05) is 17.6 Å². The molecule has 1 heterocycles. The largest absolute Gasteiger partial charge is 0.495 e. The predicted octanol–water partition coefficient (Wildman–Crippen LogP) is 3.18. The predicted molar refractivity (Wildman–Crippen MR) is 84.5 cm³/mol. The second kappa shape index (κ2) is 6.90. The van der Waals surface area contributed by atoms with E-state index in [1.54, 1.807) is 25.4 Å². The number of hydrogen-bond donors (Lipinski definition) is 2. The zero-order chi connectivity index (χ0) is 15.2. The lowest BCUT2D eigenvalue weighted by Gasteiger charge is -2.12. The number of ether oxygens (including phenoxy) is 1. The van der Waals surface area contributed by atoms with E-state index in [0.29, 0.717) is 29.1 Å². The number of hydrogen-bond acceptors (Lipinski definition) is 6. The van der Waals surface area contributed by atoms with Crippen molar-refractivity contribution in [3.63, 3.8) is 0 Å². The van der Waals surface area contributed by atoms with Crippen molar-refractivity contribution in [1.29, 1.82) is 0 Å². The number of nitrogens with one attached hydrogen (secondary N) is 2. The standard InChI is InChI=1S/C14H16ClN5O/c1-4-5-16-13-8-17-20-14(19-13)18-11-6-9(2)10(15)7-12(11)21-3/h4,6-8H,1,5H2,2-3H3,(H2,16,18,19,20). The van der Waals surface area contributed by atoms with E-state index >= 15 is 0 Å². The molecule has 0 saturated heterocycles. The Morgan fingerprint density at radius 1 is 1.43 bits per heavy atom. The molecule has 0 aliphatic heterocycles. The molecule has 1 aromatic heterocycles. The first-order valence-corrected chi connectivity index (χ1v) is 6.67. The van der Waals surface area contributed by atoms with Crippen LogP contribution in [0.2, 0.25) is 5.02 Å². The fourth-order valence-electron chi connectivity index (χ4n) is 1.67. The van der Waals surface area contributed by atoms with Crippen LogP contribution in [0.3, 0.4) is 0 Å². The number of anilines is 3. The Labute approximate surface area is 128 Å². The van der Waals surface area contributed by atoms with Gasteiger partial charge in [-0.2, -0.15) is 10.1 Å². The Balaban J connectivity index is 2.25. The summed E-state index contributed by atoms with van der Waals surface area (Å²) in [6, 6.07) is 3.61. The van der Waals surface area contributed by atoms with Crippen molar-refractivity contribution in [2.75, 3.05) is 24.3 Å². The van der Waals surface area contributed by atoms with Crippen LogP contribution in [-0.4, -0.2) is 28.8 Å². The summed E-state index contributed by atoms with van der Waals surface area (Å²) in [5.41, 5.74) is 1.65. The minimum absolute atomic E-state index is 0.365. The molecular formula is C14H16ClN5O. The summed E-state index contributed by atoms with van der Waals surface area (Å²) >= 11 is 6.08. The third kappa shape index (κ3) is 3.82. The molecule has 7 heteroatoms. The van der Waals surface area contributed by atoms with Crippen LogP contribution in [0.25, 0.3) is 0 Å². The quantitative estimate of drug-likeness (QED) is 0.799. The number of halogens is 1. The van der Waals surface area contributed by atoms with E-state index in [2.05, 4.69) is 32.4 Å². The number of nitrogens with zero attached hydrogens (tertiary/aromatic N) is 3. The lowest BCUT2D eigenvalue weighted by atomic mass is 10.2. The topological polar surface area (TPSA) is 72.0 Å². The van der Waals surface area contributed by atoms with Crippen LogP contribution in [-0.2, 0) is 0 Å². The number of rotatable bonds is 6. The van der Waals surface area contributed by atoms with E-state index in [1.165, 1.54) is 0 Å². The monoisotopic (exact) mass is 305 g/mol. The zero-order valence-corrected chi connectivity index (χ0v) is 12.6. The van der Waals surface area contributed by atoms with Crippen LogP contribution in [0.5, 0.6) is 5.75 Å². The van der Waals surface area contributed by atoms with Gasteiger partial charge in [0.2, 0.25) is 5.95 Å². The first-order valence-electron chi connectivity index (χ1n) is 6.29. The lowest BCUT2D eigenvalue weighted by Crippen LogP contribution is -2.06. The molecule has 0 spiro atoms. The summed E-state index contributed by atoms with van der Waals surface area (Å²) < 4.78 is 5.30. The third-order valence-electron chi connectivity index (χ3n) is 2.71. The molecular weight excluding hydrogens is 290 g/mol. The highest BCUT2D eigenvalue weighted by Gasteiger charge is 2.09. The van der Waals surface area contributed by atoms with Crippen LogP contribution < -0.4 is 15.4 Å². The molecule has 1 aromatic carbocycles. The van der Waals surface area contributed by atoms with E-state index in [9.17, 15) is 0 Å². The Bertz CT molecular complexity index is 647. The van der Waals surface area contributed by atoms with Gasteiger partial charge in [-0.25, -0.2) is 0 Å². The minimum Gasteiger partial charge on any atom is -0.495 e. The van der Waals surface area contributed by atoms with Crippen LogP contribution in [0.15, 0.2) is 31.0 Å². The van der Waals surface area contributed by atoms with Gasteiger partial charge in [0.05, 0.1) is 19.0 Å². The normalized spacial score (nSPS) is 10.0. The molecule has 0 fully saturated rings. The Morgan fingerprint density at radius 3 is 2.95 bits per heavy atom. The van der Waals surface area contributed by atoms with Gasteiger partial charge in [-0.05, 0) is 18.6 Å². The van der Waals surface area contributed by atoms with E-state index in [1.807, 2.05) is 13.0 Å². The summed E-state index contributed by atoms with van der Waals surface area (Å²) in [6.07, 6.45) is 3.28. The van der Waals surface area contributed by atoms with Gasteiger partial charge in [-0.15, -0.1) is 11.7 Å². The van der Waals surface area contributed by atoms with Crippen molar-refractivity contribution in [3.8, 4) is 5.75 Å². The van der Waals surface area contributed by atoms with Crippen molar-refractivity contribution in [1.82, 2.24) is 15.2 Å². The molecule has 21 heavy (non-hydrogen) atoms. The highest BCUT2D eigenvalue weighted by atomic mass is 35.5. The fourth-order valence-corrected chi connectivity index (χ4v) is 1.82. The van der Waals surface area contributed by atoms with E-state index in [-0.39, 0.29) is 0 Å². The van der Waals surface area contributed by atoms with Crippen LogP contribution >= 0.6 is 11.6 Å². The van der Waals surface area contributed by atoms with Crippen molar-refractivity contribution in [2.24, 2.45) is 0 Å². The van der Waals surface area contributed by atoms with Gasteiger partial charge in [-0.3, -0.25) is 0 Å². The van der Waals surface area contributed by atoms with E-state index in [0.717, 1.165) is 11.3 Å². The fraction of sp³-hybridized carbons (Fsp3) is 0.214. The molecule has 0 atom stereocenters. The van der Waals surface area contributed by atoms with Crippen molar-refractivity contribution in [3.05, 3.63) is 41.6 Å². The molecule has 6 nitrogen and oxygen atoms in total. The van der Waals surface area contributed by atoms with Crippen molar-refractivity contribution in [2.45, 2.75) is 6.92 Å². The molecule has 0 aliphatic rings. The van der Waals surface area contributed by atoms with Gasteiger partial charge in [0.15, 0.2) is 5.82 Å². The molecule has 0 saturated carbocycles. The molecule has 0 radical (unpaired) electrons. The van der Waals surface area contributed by atoms with Crippen molar-refractivity contribution >= 4 is 29.1 Å². The number of aromatic nitrogens is 3. The number of aryl methyl sites for hydroxylation is 1. The highest BCUT2D eigenvalue weighted by Crippen LogP contribution is 2.32. The lowest BCUT2D eigenvalue weighted by molar-refractivity contribution is 0.416. The number of benzene rings is 1. The van der Waals surface area contributed by atoms with Gasteiger partial charge < -0.3 is 15.4 Å². The second-order valence-electron chi connectivity index (χ2n) is 4.26. The average Bonchev–Trinajstić information content (AvgIpc) is 2.49. The van der Waals surface area contributed by atoms with Crippen LogP contribution in [0.1, 0.15) is 5.56 Å². The van der Waals surface area contributed by atoms with E-state index in [4.69, 9.17) is 16.3 Å². The summed E-state index contributed by atoms with van der Waals surface area (Å²) in [6.45, 7) is 6.15. The summed E-state index contributed by atoms with van der Waals surface area (Å²) in [5.74, 6) is 1.58. The SMILES string of the molecule is C=CCNc1cnnc(Nc2cc(C)c(Cl)cc2OC)n1. The van der Waals surface area contributed by atoms with Gasteiger partial charge in [0.1, 0.15) is 5.75 Å². The van der Waals surface area contributed by atoms with Gasteiger partial charge in [-0.1, -0.05) is 17.7 Å². The molecule has 2 rings (SSSR count). The minimum atomic E-state index is 0.365. The summed E-state index contributed by atoms with van der Waals surface area (Å²) in [4.78, 5) is 4.30. The molecule has 110 valence electrons. The molecule has 0 aliphatic carbocycles. The van der Waals surface area contributed by atoms with E-state index < -0.39 is 0 Å². The summed E-state index contributed by atoms with van der Waals surface area (Å²) in [5, 5.41) is 14.6. The van der Waals surface area contributed by atoms with Gasteiger partial charge >= 0.3 is 0 Å². The molecule has 0 unspecified atom stereocenters. The zero-order valence-electron chi connectivity index (χ0n) is 11.9. The van der Waals surface area contributed by atoms with Crippen molar-refractivity contribution < 1.29 is 4.74 Å². The molecule has 2 aromatic rings. The summed E-state index contributed by atoms with van der Waals surface area (Å²) in [7, 11) is 1.58. The smallest absolute Gasteiger partial charge is 0.249 e. The van der Waals surface area contributed by atoms with Crippen LogP contribution in [0.4, 0.5) is 17.5 Å². The first-order chi connectivity index (χ1) is 10.1. The maximum atomic E-state index is 6.08. The third-order valence-corrected chi connectivity index (χ3v) is 3.12. The Kier molecular flexibility index (Phi) is 4.94. The highest BCUT2D eigenvalue weighted by molar-refractivity contribution is 6.31. The Hall–Kier alpha value is -2.34. The average molecular weight is 306 g/mol.